The number of carboxylic acid groups (broad SMARTS) is 2. The molecule has 0 spiro atoms. The van der Waals surface area contributed by atoms with Gasteiger partial charge in [-0.3, -0.25) is 0 Å². The van der Waals surface area contributed by atoms with Crippen molar-refractivity contribution < 1.29 is 41.8 Å². The summed E-state index contributed by atoms with van der Waals surface area (Å²) in [4.78, 5) is 18.2. The molecule has 1 fully saturated rings. The van der Waals surface area contributed by atoms with Crippen molar-refractivity contribution in [1.29, 1.82) is 0 Å². The molecule has 1 aliphatic rings. The molecule has 25 heavy (non-hydrogen) atoms. The summed E-state index contributed by atoms with van der Waals surface area (Å²) in [7, 11) is 0. The van der Waals surface area contributed by atoms with E-state index in [0.717, 1.165) is 12.1 Å². The van der Waals surface area contributed by atoms with Crippen molar-refractivity contribution in [2.45, 2.75) is 25.1 Å². The van der Waals surface area contributed by atoms with Crippen molar-refractivity contribution in [3.8, 4) is 0 Å². The lowest BCUT2D eigenvalue weighted by atomic mass is 9.69. The lowest BCUT2D eigenvalue weighted by Gasteiger charge is -2.40. The fourth-order valence-corrected chi connectivity index (χ4v) is 2.45. The maximum absolute atomic E-state index is 13.7. The van der Waals surface area contributed by atoms with E-state index in [1.807, 2.05) is 0 Å². The predicted octanol–water partition coefficient (Wildman–Crippen LogP) is 3.36. The zero-order valence-electron chi connectivity index (χ0n) is 12.4. The van der Waals surface area contributed by atoms with E-state index < -0.39 is 52.6 Å². The van der Waals surface area contributed by atoms with Crippen molar-refractivity contribution in [3.05, 3.63) is 34.4 Å². The van der Waals surface area contributed by atoms with Gasteiger partial charge in [0, 0.05) is 11.6 Å². The number of benzene rings is 1. The number of hydrogen-bond acceptors (Lipinski definition) is 3. The van der Waals surface area contributed by atoms with Crippen molar-refractivity contribution >= 4 is 23.5 Å². The zero-order valence-corrected chi connectivity index (χ0v) is 13.1. The van der Waals surface area contributed by atoms with Crippen LogP contribution in [0, 0.1) is 23.5 Å². The molecular weight excluding hydrogens is 377 g/mol. The minimum absolute atomic E-state index is 0.0444. The molecule has 4 N–H and O–H groups in total. The molecular formula is C14H13ClF5NO4. The van der Waals surface area contributed by atoms with Gasteiger partial charge in [-0.2, -0.15) is 13.2 Å². The molecule has 0 radical (unpaired) electrons. The van der Waals surface area contributed by atoms with Crippen LogP contribution in [-0.2, 0) is 9.59 Å². The first kappa shape index (κ1) is 21.1. The van der Waals surface area contributed by atoms with Gasteiger partial charge in [0.2, 0.25) is 0 Å². The van der Waals surface area contributed by atoms with Gasteiger partial charge in [0.1, 0.15) is 16.7 Å². The monoisotopic (exact) mass is 389 g/mol. The Morgan fingerprint density at radius 2 is 1.64 bits per heavy atom. The predicted molar refractivity (Wildman–Crippen MR) is 75.8 cm³/mol. The third-order valence-electron chi connectivity index (χ3n) is 3.75. The molecule has 0 bridgehead atoms. The van der Waals surface area contributed by atoms with Crippen molar-refractivity contribution in [3.63, 3.8) is 0 Å². The van der Waals surface area contributed by atoms with Gasteiger partial charge in [-0.1, -0.05) is 17.7 Å². The SMILES string of the molecule is N[C@H](c1ccc(F)c(Cl)c1F)[C@H]1C[C@H](C(F)(F)F)C1.O=C(O)C(=O)O. The molecule has 0 heterocycles. The van der Waals surface area contributed by atoms with Gasteiger partial charge in [-0.25, -0.2) is 18.4 Å². The second-order valence-corrected chi connectivity index (χ2v) is 5.75. The van der Waals surface area contributed by atoms with Crippen LogP contribution >= 0.6 is 11.6 Å². The van der Waals surface area contributed by atoms with E-state index in [9.17, 15) is 22.0 Å². The standard InChI is InChI=1S/C12H11ClF5N.C2H2O4/c13-9-8(14)2-1-7(10(9)15)11(19)5-3-6(4-5)12(16,17)18;3-1(4)2(5)6/h1-2,5-6,11H,3-4,19H2;(H,3,4)(H,5,6)/t5-,6-,11-;/m0./s1. The fourth-order valence-electron chi connectivity index (χ4n) is 2.27. The van der Waals surface area contributed by atoms with Crippen LogP contribution < -0.4 is 5.73 Å². The summed E-state index contributed by atoms with van der Waals surface area (Å²) < 4.78 is 63.7. The van der Waals surface area contributed by atoms with E-state index in [1.54, 1.807) is 0 Å². The number of nitrogens with two attached hydrogens (primary N) is 1. The lowest BCUT2D eigenvalue weighted by molar-refractivity contribution is -0.206. The fraction of sp³-hybridized carbons (Fsp3) is 0.429. The Labute approximate surface area is 143 Å². The van der Waals surface area contributed by atoms with Gasteiger partial charge >= 0.3 is 18.1 Å². The maximum atomic E-state index is 13.7. The van der Waals surface area contributed by atoms with Gasteiger partial charge < -0.3 is 15.9 Å². The molecule has 1 saturated carbocycles. The first-order valence-electron chi connectivity index (χ1n) is 6.78. The number of aliphatic carboxylic acids is 2. The second-order valence-electron chi connectivity index (χ2n) is 5.37. The highest BCUT2D eigenvalue weighted by Gasteiger charge is 2.49. The van der Waals surface area contributed by atoms with E-state index in [0.29, 0.717) is 0 Å². The third kappa shape index (κ3) is 5.27. The van der Waals surface area contributed by atoms with Crippen LogP contribution in [0.5, 0.6) is 0 Å². The zero-order chi connectivity index (χ0) is 19.5. The molecule has 0 unspecified atom stereocenters. The molecule has 1 atom stereocenters. The summed E-state index contributed by atoms with van der Waals surface area (Å²) in [5.74, 6) is -7.42. The molecule has 11 heteroatoms. The maximum Gasteiger partial charge on any atom is 0.414 e. The van der Waals surface area contributed by atoms with Gasteiger partial charge in [0.15, 0.2) is 0 Å². The highest BCUT2D eigenvalue weighted by atomic mass is 35.5. The highest BCUT2D eigenvalue weighted by Crippen LogP contribution is 2.49. The Bertz CT molecular complexity index is 649. The van der Waals surface area contributed by atoms with Gasteiger partial charge in [0.05, 0.1) is 5.92 Å². The average molecular weight is 390 g/mol. The van der Waals surface area contributed by atoms with E-state index >= 15 is 0 Å². The van der Waals surface area contributed by atoms with Crippen LogP contribution in [0.15, 0.2) is 12.1 Å². The number of carboxylic acids is 2. The van der Waals surface area contributed by atoms with Crippen molar-refractivity contribution in [1.82, 2.24) is 0 Å². The molecule has 140 valence electrons. The Kier molecular flexibility index (Phi) is 6.72. The largest absolute Gasteiger partial charge is 0.473 e. The van der Waals surface area contributed by atoms with E-state index in [1.165, 1.54) is 0 Å². The van der Waals surface area contributed by atoms with Crippen molar-refractivity contribution in [2.24, 2.45) is 17.6 Å². The third-order valence-corrected chi connectivity index (χ3v) is 4.10. The Balaban J connectivity index is 0.000000450. The van der Waals surface area contributed by atoms with Gasteiger partial charge in [0.25, 0.3) is 0 Å². The molecule has 5 nitrogen and oxygen atoms in total. The van der Waals surface area contributed by atoms with Crippen LogP contribution in [0.1, 0.15) is 24.4 Å². The summed E-state index contributed by atoms with van der Waals surface area (Å²) in [5.41, 5.74) is 5.69. The van der Waals surface area contributed by atoms with Gasteiger partial charge in [-0.15, -0.1) is 0 Å². The van der Waals surface area contributed by atoms with E-state index in [2.05, 4.69) is 0 Å². The van der Waals surface area contributed by atoms with Crippen LogP contribution in [-0.4, -0.2) is 28.3 Å². The van der Waals surface area contributed by atoms with E-state index in [-0.39, 0.29) is 18.4 Å². The summed E-state index contributed by atoms with van der Waals surface area (Å²) in [5, 5.41) is 14.1. The van der Waals surface area contributed by atoms with Crippen molar-refractivity contribution in [2.75, 3.05) is 0 Å². The minimum atomic E-state index is -4.24. The highest BCUT2D eigenvalue weighted by molar-refractivity contribution is 6.31. The lowest BCUT2D eigenvalue weighted by Crippen LogP contribution is -2.40. The molecule has 1 aliphatic carbocycles. The number of carbonyl (C=O) groups is 2. The summed E-state index contributed by atoms with van der Waals surface area (Å²) in [6.07, 6.45) is -4.52. The second kappa shape index (κ2) is 7.96. The Morgan fingerprint density at radius 1 is 1.16 bits per heavy atom. The van der Waals surface area contributed by atoms with E-state index in [4.69, 9.17) is 37.1 Å². The number of alkyl halides is 3. The van der Waals surface area contributed by atoms with Crippen LogP contribution in [0.4, 0.5) is 22.0 Å². The molecule has 0 aromatic heterocycles. The average Bonchev–Trinajstić information content (AvgIpc) is 2.42. The number of hydrogen-bond donors (Lipinski definition) is 3. The van der Waals surface area contributed by atoms with Crippen LogP contribution in [0.25, 0.3) is 0 Å². The first-order valence-corrected chi connectivity index (χ1v) is 7.16. The molecule has 2 rings (SSSR count). The molecule has 1 aromatic rings. The topological polar surface area (TPSA) is 101 Å². The summed E-state index contributed by atoms with van der Waals surface area (Å²) in [6, 6.07) is 1.18. The Morgan fingerprint density at radius 3 is 2.04 bits per heavy atom. The number of rotatable bonds is 2. The normalized spacial score (nSPS) is 20.8. The molecule has 1 aromatic carbocycles. The minimum Gasteiger partial charge on any atom is -0.473 e. The molecule has 0 aliphatic heterocycles. The number of halogens is 6. The smallest absolute Gasteiger partial charge is 0.414 e. The van der Waals surface area contributed by atoms with Gasteiger partial charge in [-0.05, 0) is 24.8 Å². The molecule has 0 amide bonds. The van der Waals surface area contributed by atoms with Crippen LogP contribution in [0.3, 0.4) is 0 Å². The molecule has 0 saturated heterocycles. The summed E-state index contributed by atoms with van der Waals surface area (Å²) in [6.45, 7) is 0. The Hall–Kier alpha value is -1.94. The van der Waals surface area contributed by atoms with Crippen LogP contribution in [0.2, 0.25) is 5.02 Å². The quantitative estimate of drug-likeness (QED) is 0.409. The summed E-state index contributed by atoms with van der Waals surface area (Å²) >= 11 is 5.41. The first-order chi connectivity index (χ1) is 11.4.